The summed E-state index contributed by atoms with van der Waals surface area (Å²) in [4.78, 5) is 0. The Bertz CT molecular complexity index is 569. The zero-order valence-electron chi connectivity index (χ0n) is 12.7. The Labute approximate surface area is 149 Å². The topological polar surface area (TPSA) is 0 Å². The summed E-state index contributed by atoms with van der Waals surface area (Å²) in [5.41, 5.74) is 4.14. The summed E-state index contributed by atoms with van der Waals surface area (Å²) in [7, 11) is 0. The number of hydrogen-bond acceptors (Lipinski definition) is 0. The summed E-state index contributed by atoms with van der Waals surface area (Å²) in [5, 5.41) is 0. The molecule has 0 aliphatic carbocycles. The molecule has 0 saturated carbocycles. The van der Waals surface area contributed by atoms with Gasteiger partial charge in [-0.3, -0.25) is 0 Å². The van der Waals surface area contributed by atoms with E-state index in [9.17, 15) is 0 Å². The third kappa shape index (κ3) is 3.16. The van der Waals surface area contributed by atoms with Crippen LogP contribution in [0.4, 0.5) is 0 Å². The molecule has 0 aliphatic rings. The third-order valence-corrected chi connectivity index (χ3v) is 4.40. The molecule has 0 bridgehead atoms. The van der Waals surface area contributed by atoms with Crippen molar-refractivity contribution in [1.29, 1.82) is 0 Å². The van der Waals surface area contributed by atoms with Crippen LogP contribution < -0.4 is 45.9 Å². The second-order valence-corrected chi connectivity index (χ2v) is 5.53. The quantitative estimate of drug-likeness (QED) is 0.583. The first-order valence-electron chi connectivity index (χ1n) is 7.18. The van der Waals surface area contributed by atoms with E-state index in [1.807, 2.05) is 0 Å². The first-order chi connectivity index (χ1) is 9.82. The second-order valence-electron chi connectivity index (χ2n) is 5.53. The standard InChI is InChI=1S/C19H18B.Na/c1-20(17-11-5-2-6-12-17,18-13-7-3-8-14-18)19-15-9-4-10-16-19;/h2-16H,1H3;/q-1;+1. The van der Waals surface area contributed by atoms with Gasteiger partial charge in [-0.2, -0.15) is 6.82 Å². The molecule has 0 spiro atoms. The minimum absolute atomic E-state index is 0. The van der Waals surface area contributed by atoms with Crippen LogP contribution in [0.2, 0.25) is 6.82 Å². The van der Waals surface area contributed by atoms with Crippen LogP contribution >= 0.6 is 0 Å². The summed E-state index contributed by atoms with van der Waals surface area (Å²) in [6.45, 7) is 2.36. The van der Waals surface area contributed by atoms with E-state index in [0.717, 1.165) is 0 Å². The van der Waals surface area contributed by atoms with Crippen molar-refractivity contribution in [1.82, 2.24) is 0 Å². The minimum Gasteiger partial charge on any atom is -0.200 e. The molecule has 3 aromatic rings. The second kappa shape index (κ2) is 7.13. The maximum Gasteiger partial charge on any atom is 1.00 e. The van der Waals surface area contributed by atoms with Crippen LogP contribution in [-0.4, -0.2) is 6.15 Å². The molecule has 0 fully saturated rings. The Morgan fingerprint density at radius 2 is 0.714 bits per heavy atom. The van der Waals surface area contributed by atoms with Gasteiger partial charge in [0.25, 0.3) is 0 Å². The fourth-order valence-electron chi connectivity index (χ4n) is 3.09. The molecule has 0 radical (unpaired) electrons. The predicted octanol–water partition coefficient (Wildman–Crippen LogP) is -0.209. The number of benzene rings is 3. The maximum absolute atomic E-state index is 2.36. The minimum atomic E-state index is -0.912. The van der Waals surface area contributed by atoms with Gasteiger partial charge >= 0.3 is 29.6 Å². The molecule has 0 unspecified atom stereocenters. The summed E-state index contributed by atoms with van der Waals surface area (Å²) in [6, 6.07) is 32.4. The van der Waals surface area contributed by atoms with Gasteiger partial charge in [-0.1, -0.05) is 91.0 Å². The van der Waals surface area contributed by atoms with Crippen molar-refractivity contribution in [2.45, 2.75) is 6.82 Å². The van der Waals surface area contributed by atoms with Crippen LogP contribution in [0.25, 0.3) is 0 Å². The van der Waals surface area contributed by atoms with Crippen molar-refractivity contribution < 1.29 is 29.6 Å². The van der Waals surface area contributed by atoms with E-state index < -0.39 is 6.15 Å². The van der Waals surface area contributed by atoms with Gasteiger partial charge in [0.05, 0.1) is 6.15 Å². The molecule has 0 saturated heterocycles. The van der Waals surface area contributed by atoms with Gasteiger partial charge in [-0.25, -0.2) is 16.4 Å². The van der Waals surface area contributed by atoms with Crippen LogP contribution in [0.3, 0.4) is 0 Å². The van der Waals surface area contributed by atoms with Crippen molar-refractivity contribution in [3.8, 4) is 0 Å². The summed E-state index contributed by atoms with van der Waals surface area (Å²) in [5.74, 6) is 0. The molecule has 0 N–H and O–H groups in total. The van der Waals surface area contributed by atoms with Crippen LogP contribution in [0, 0.1) is 0 Å². The molecule has 3 rings (SSSR count). The predicted molar refractivity (Wildman–Crippen MR) is 89.8 cm³/mol. The molecule has 98 valence electrons. The van der Waals surface area contributed by atoms with Crippen LogP contribution in [0.1, 0.15) is 0 Å². The molecule has 0 aromatic heterocycles. The van der Waals surface area contributed by atoms with E-state index in [0.29, 0.717) is 0 Å². The van der Waals surface area contributed by atoms with Crippen molar-refractivity contribution in [3.05, 3.63) is 91.0 Å². The first kappa shape index (κ1) is 16.1. The molecule has 0 heterocycles. The fraction of sp³-hybridized carbons (Fsp3) is 0.0526. The summed E-state index contributed by atoms with van der Waals surface area (Å²) in [6.07, 6.45) is -0.912. The van der Waals surface area contributed by atoms with Crippen LogP contribution in [-0.2, 0) is 0 Å². The van der Waals surface area contributed by atoms with E-state index in [1.165, 1.54) is 16.4 Å². The smallest absolute Gasteiger partial charge is 0.200 e. The zero-order chi connectivity index (χ0) is 13.8. The average molecular weight is 280 g/mol. The average Bonchev–Trinajstić information content (AvgIpc) is 2.56. The fourth-order valence-corrected chi connectivity index (χ4v) is 3.09. The molecule has 0 nitrogen and oxygen atoms in total. The van der Waals surface area contributed by atoms with Gasteiger partial charge in [0.1, 0.15) is 0 Å². The van der Waals surface area contributed by atoms with Gasteiger partial charge in [0, 0.05) is 0 Å². The SMILES string of the molecule is C[B-](c1ccccc1)(c1ccccc1)c1ccccc1.[Na+]. The largest absolute Gasteiger partial charge is 1.00 e. The van der Waals surface area contributed by atoms with Gasteiger partial charge in [-0.15, -0.1) is 0 Å². The van der Waals surface area contributed by atoms with Gasteiger partial charge in [-0.05, 0) is 0 Å². The van der Waals surface area contributed by atoms with E-state index in [-0.39, 0.29) is 29.6 Å². The number of hydrogen-bond donors (Lipinski definition) is 0. The Morgan fingerprint density at radius 3 is 0.952 bits per heavy atom. The normalized spacial score (nSPS) is 10.7. The van der Waals surface area contributed by atoms with Crippen molar-refractivity contribution in [2.24, 2.45) is 0 Å². The molecule has 0 aliphatic heterocycles. The maximum atomic E-state index is 2.36. The van der Waals surface area contributed by atoms with E-state index >= 15 is 0 Å². The summed E-state index contributed by atoms with van der Waals surface area (Å²) >= 11 is 0. The van der Waals surface area contributed by atoms with E-state index in [2.05, 4.69) is 97.8 Å². The van der Waals surface area contributed by atoms with Crippen molar-refractivity contribution in [2.75, 3.05) is 0 Å². The molecular formula is C19H18BNa. The molecule has 3 aromatic carbocycles. The van der Waals surface area contributed by atoms with Gasteiger partial charge < -0.3 is 0 Å². The number of rotatable bonds is 3. The molecular weight excluding hydrogens is 262 g/mol. The Morgan fingerprint density at radius 1 is 0.476 bits per heavy atom. The van der Waals surface area contributed by atoms with Gasteiger partial charge in [0.2, 0.25) is 0 Å². The third-order valence-electron chi connectivity index (χ3n) is 4.40. The van der Waals surface area contributed by atoms with E-state index in [4.69, 9.17) is 0 Å². The molecule has 0 atom stereocenters. The van der Waals surface area contributed by atoms with Crippen LogP contribution in [0.5, 0.6) is 0 Å². The summed E-state index contributed by atoms with van der Waals surface area (Å²) < 4.78 is 0. The van der Waals surface area contributed by atoms with Crippen LogP contribution in [0.15, 0.2) is 91.0 Å². The van der Waals surface area contributed by atoms with Crippen molar-refractivity contribution in [3.63, 3.8) is 0 Å². The first-order valence-corrected chi connectivity index (χ1v) is 7.18. The monoisotopic (exact) mass is 280 g/mol. The van der Waals surface area contributed by atoms with E-state index in [1.54, 1.807) is 0 Å². The molecule has 0 amide bonds. The van der Waals surface area contributed by atoms with Crippen molar-refractivity contribution >= 4 is 22.5 Å². The molecule has 2 heteroatoms. The van der Waals surface area contributed by atoms with Gasteiger partial charge in [0.15, 0.2) is 0 Å². The Balaban J connectivity index is 0.00000161. The Kier molecular flexibility index (Phi) is 5.47. The zero-order valence-corrected chi connectivity index (χ0v) is 14.7. The molecule has 21 heavy (non-hydrogen) atoms. The Hall–Kier alpha value is -1.28.